The number of rotatable bonds is 5. The van der Waals surface area contributed by atoms with Crippen molar-refractivity contribution >= 4 is 17.4 Å². The van der Waals surface area contributed by atoms with Crippen molar-refractivity contribution in [3.8, 4) is 5.75 Å². The van der Waals surface area contributed by atoms with Gasteiger partial charge in [-0.05, 0) is 29.7 Å². The second kappa shape index (κ2) is 9.06. The number of amides is 2. The van der Waals surface area contributed by atoms with Crippen LogP contribution in [0, 0.1) is 5.92 Å². The van der Waals surface area contributed by atoms with Gasteiger partial charge < -0.3 is 15.0 Å². The number of hydrogen-bond acceptors (Lipinski definition) is 6. The van der Waals surface area contributed by atoms with Crippen LogP contribution >= 0.6 is 0 Å². The highest BCUT2D eigenvalue weighted by atomic mass is 16.5. The van der Waals surface area contributed by atoms with E-state index in [0.717, 1.165) is 11.1 Å². The molecular weight excluding hydrogens is 384 g/mol. The van der Waals surface area contributed by atoms with Crippen molar-refractivity contribution in [2.75, 3.05) is 19.6 Å². The molecule has 1 aromatic heterocycles. The SMILES string of the molecule is O=C(NO)[C@H]1C[C@H](Oc2ccncc2)CN[C@@H]1C(=O)N1CC=C(c2ccccc2)C1. The third kappa shape index (κ3) is 4.34. The molecule has 1 saturated heterocycles. The maximum absolute atomic E-state index is 13.2. The van der Waals surface area contributed by atoms with Gasteiger partial charge >= 0.3 is 0 Å². The summed E-state index contributed by atoms with van der Waals surface area (Å²) >= 11 is 0. The Morgan fingerprint density at radius 3 is 2.67 bits per heavy atom. The first-order valence-electron chi connectivity index (χ1n) is 9.93. The Morgan fingerprint density at radius 1 is 1.17 bits per heavy atom. The number of piperidine rings is 1. The van der Waals surface area contributed by atoms with Crippen molar-refractivity contribution in [2.45, 2.75) is 18.6 Å². The van der Waals surface area contributed by atoms with Crippen molar-refractivity contribution in [3.05, 3.63) is 66.5 Å². The number of hydrogen-bond donors (Lipinski definition) is 3. The summed E-state index contributed by atoms with van der Waals surface area (Å²) in [5.74, 6) is -0.864. The number of pyridine rings is 1. The van der Waals surface area contributed by atoms with Gasteiger partial charge in [0, 0.05) is 32.0 Å². The molecule has 0 radical (unpaired) electrons. The van der Waals surface area contributed by atoms with E-state index in [1.54, 1.807) is 34.9 Å². The number of aromatic nitrogens is 1. The second-order valence-electron chi connectivity index (χ2n) is 7.44. The maximum atomic E-state index is 13.2. The fourth-order valence-electron chi connectivity index (χ4n) is 3.98. The first-order valence-corrected chi connectivity index (χ1v) is 9.93. The van der Waals surface area contributed by atoms with Crippen LogP contribution in [0.1, 0.15) is 12.0 Å². The van der Waals surface area contributed by atoms with Crippen LogP contribution in [0.5, 0.6) is 5.75 Å². The molecular formula is C22H24N4O4. The van der Waals surface area contributed by atoms with Crippen molar-refractivity contribution in [1.29, 1.82) is 0 Å². The minimum atomic E-state index is -0.746. The highest BCUT2D eigenvalue weighted by molar-refractivity contribution is 5.91. The largest absolute Gasteiger partial charge is 0.489 e. The molecule has 30 heavy (non-hydrogen) atoms. The summed E-state index contributed by atoms with van der Waals surface area (Å²) in [5, 5.41) is 12.4. The number of carbonyl (C=O) groups excluding carboxylic acids is 2. The summed E-state index contributed by atoms with van der Waals surface area (Å²) < 4.78 is 5.91. The van der Waals surface area contributed by atoms with E-state index in [1.807, 2.05) is 36.4 Å². The van der Waals surface area contributed by atoms with Gasteiger partial charge in [0.05, 0.1) is 12.0 Å². The molecule has 3 N–H and O–H groups in total. The van der Waals surface area contributed by atoms with Gasteiger partial charge in [-0.3, -0.25) is 19.8 Å². The Balaban J connectivity index is 1.42. The number of benzene rings is 1. The molecule has 0 saturated carbocycles. The Morgan fingerprint density at radius 2 is 1.93 bits per heavy atom. The number of nitrogens with one attached hydrogen (secondary N) is 2. The van der Waals surface area contributed by atoms with Crippen LogP contribution in [0.4, 0.5) is 0 Å². The number of ether oxygens (including phenoxy) is 1. The molecule has 2 aliphatic heterocycles. The fourth-order valence-corrected chi connectivity index (χ4v) is 3.98. The summed E-state index contributed by atoms with van der Waals surface area (Å²) in [5.41, 5.74) is 3.87. The first-order chi connectivity index (χ1) is 14.7. The van der Waals surface area contributed by atoms with E-state index in [0.29, 0.717) is 31.8 Å². The van der Waals surface area contributed by atoms with E-state index >= 15 is 0 Å². The lowest BCUT2D eigenvalue weighted by atomic mass is 9.87. The van der Waals surface area contributed by atoms with Crippen LogP contribution < -0.4 is 15.5 Å². The highest BCUT2D eigenvalue weighted by Crippen LogP contribution is 2.26. The molecule has 3 heterocycles. The van der Waals surface area contributed by atoms with Gasteiger partial charge in [0.1, 0.15) is 11.9 Å². The molecule has 8 heteroatoms. The highest BCUT2D eigenvalue weighted by Gasteiger charge is 2.42. The van der Waals surface area contributed by atoms with Gasteiger partial charge in [0.2, 0.25) is 11.8 Å². The lowest BCUT2D eigenvalue weighted by molar-refractivity contribution is -0.144. The van der Waals surface area contributed by atoms with Crippen LogP contribution in [-0.4, -0.2) is 58.7 Å². The van der Waals surface area contributed by atoms with Crippen LogP contribution in [0.15, 0.2) is 60.9 Å². The molecule has 0 unspecified atom stereocenters. The Hall–Kier alpha value is -3.23. The molecule has 2 aromatic rings. The van der Waals surface area contributed by atoms with Crippen molar-refractivity contribution < 1.29 is 19.5 Å². The molecule has 0 aliphatic carbocycles. The zero-order valence-corrected chi connectivity index (χ0v) is 16.4. The van der Waals surface area contributed by atoms with E-state index < -0.39 is 17.9 Å². The van der Waals surface area contributed by atoms with E-state index in [-0.39, 0.29) is 12.0 Å². The molecule has 0 spiro atoms. The summed E-state index contributed by atoms with van der Waals surface area (Å²) in [6.07, 6.45) is 5.29. The fraction of sp³-hybridized carbons (Fsp3) is 0.318. The standard InChI is InChI=1S/C22H24N4O4/c27-21(25-29)19-12-18(30-17-6-9-23-10-7-17)13-24-20(19)22(28)26-11-8-16(14-26)15-4-2-1-3-5-15/h1-10,18-20,24,29H,11-14H2,(H,25,27)/t18-,19-,20-/m0/s1. The van der Waals surface area contributed by atoms with E-state index in [2.05, 4.69) is 10.3 Å². The molecule has 1 aromatic carbocycles. The predicted molar refractivity (Wildman–Crippen MR) is 109 cm³/mol. The Labute approximate surface area is 174 Å². The topological polar surface area (TPSA) is 104 Å². The number of nitrogens with zero attached hydrogens (tertiary/aromatic N) is 2. The molecule has 8 nitrogen and oxygen atoms in total. The number of hydroxylamine groups is 1. The summed E-state index contributed by atoms with van der Waals surface area (Å²) in [7, 11) is 0. The summed E-state index contributed by atoms with van der Waals surface area (Å²) in [6, 6.07) is 12.7. The predicted octanol–water partition coefficient (Wildman–Crippen LogP) is 1.24. The lowest BCUT2D eigenvalue weighted by Gasteiger charge is -2.36. The molecule has 0 bridgehead atoms. The summed E-state index contributed by atoms with van der Waals surface area (Å²) in [6.45, 7) is 1.40. The van der Waals surface area contributed by atoms with Crippen molar-refractivity contribution in [1.82, 2.24) is 20.7 Å². The van der Waals surface area contributed by atoms with Crippen molar-refractivity contribution in [2.24, 2.45) is 5.92 Å². The Kier molecular flexibility index (Phi) is 6.06. The van der Waals surface area contributed by atoms with Gasteiger partial charge in [-0.25, -0.2) is 5.48 Å². The van der Waals surface area contributed by atoms with Gasteiger partial charge in [0.15, 0.2) is 0 Å². The number of carbonyl (C=O) groups is 2. The van der Waals surface area contributed by atoms with Crippen molar-refractivity contribution in [3.63, 3.8) is 0 Å². The zero-order chi connectivity index (χ0) is 20.9. The minimum absolute atomic E-state index is 0.159. The monoisotopic (exact) mass is 408 g/mol. The second-order valence-corrected chi connectivity index (χ2v) is 7.44. The van der Waals surface area contributed by atoms with Crippen LogP contribution in [-0.2, 0) is 9.59 Å². The molecule has 156 valence electrons. The average molecular weight is 408 g/mol. The quantitative estimate of drug-likeness (QED) is 0.508. The zero-order valence-electron chi connectivity index (χ0n) is 16.4. The molecule has 2 amide bonds. The molecule has 3 atom stereocenters. The van der Waals surface area contributed by atoms with Gasteiger partial charge in [-0.2, -0.15) is 0 Å². The van der Waals surface area contributed by atoms with E-state index in [9.17, 15) is 14.8 Å². The van der Waals surface area contributed by atoms with E-state index in [1.165, 1.54) is 0 Å². The van der Waals surface area contributed by atoms with E-state index in [4.69, 9.17) is 4.74 Å². The first kappa shape index (κ1) is 20.1. The van der Waals surface area contributed by atoms with Gasteiger partial charge in [0.25, 0.3) is 0 Å². The third-order valence-electron chi connectivity index (χ3n) is 5.53. The van der Waals surface area contributed by atoms with Crippen LogP contribution in [0.25, 0.3) is 5.57 Å². The van der Waals surface area contributed by atoms with Crippen LogP contribution in [0.2, 0.25) is 0 Å². The normalized spacial score (nSPS) is 23.6. The average Bonchev–Trinajstić information content (AvgIpc) is 3.30. The minimum Gasteiger partial charge on any atom is -0.489 e. The third-order valence-corrected chi connectivity index (χ3v) is 5.53. The molecule has 1 fully saturated rings. The van der Waals surface area contributed by atoms with Gasteiger partial charge in [-0.15, -0.1) is 0 Å². The van der Waals surface area contributed by atoms with Crippen LogP contribution in [0.3, 0.4) is 0 Å². The Bertz CT molecular complexity index is 919. The molecule has 4 rings (SSSR count). The summed E-state index contributed by atoms with van der Waals surface area (Å²) in [4.78, 5) is 31.2. The lowest BCUT2D eigenvalue weighted by Crippen LogP contribution is -2.60. The smallest absolute Gasteiger partial charge is 0.248 e. The molecule has 2 aliphatic rings. The van der Waals surface area contributed by atoms with Gasteiger partial charge in [-0.1, -0.05) is 36.4 Å². The maximum Gasteiger partial charge on any atom is 0.248 e.